The maximum atomic E-state index is 12.5. The summed E-state index contributed by atoms with van der Waals surface area (Å²) in [4.78, 5) is 24.7. The normalized spacial score (nSPS) is 31.8. The number of amides is 1. The predicted octanol–water partition coefficient (Wildman–Crippen LogP) is 2.32. The molecule has 5 nitrogen and oxygen atoms in total. The van der Waals surface area contributed by atoms with Crippen LogP contribution in [0, 0.1) is 5.92 Å². The van der Waals surface area contributed by atoms with Gasteiger partial charge >= 0.3 is 5.97 Å². The van der Waals surface area contributed by atoms with Crippen LogP contribution in [0.1, 0.15) is 64.2 Å². The molecule has 2 unspecified atom stereocenters. The third kappa shape index (κ3) is 4.18. The lowest BCUT2D eigenvalue weighted by atomic mass is 9.81. The quantitative estimate of drug-likeness (QED) is 0.768. The molecular formula is C17H29ClN2O3. The molecule has 0 spiro atoms. The van der Waals surface area contributed by atoms with Crippen LogP contribution in [-0.2, 0) is 14.3 Å². The number of methoxy groups -OCH3 is 1. The Labute approximate surface area is 144 Å². The van der Waals surface area contributed by atoms with E-state index in [1.807, 2.05) is 0 Å². The number of carbonyl (C=O) groups is 2. The van der Waals surface area contributed by atoms with Crippen molar-refractivity contribution in [2.45, 2.75) is 81.8 Å². The van der Waals surface area contributed by atoms with E-state index in [0.717, 1.165) is 32.1 Å². The Morgan fingerprint density at radius 3 is 2.30 bits per heavy atom. The van der Waals surface area contributed by atoms with Gasteiger partial charge in [0.1, 0.15) is 5.54 Å². The third-order valence-electron chi connectivity index (χ3n) is 5.71. The van der Waals surface area contributed by atoms with E-state index in [4.69, 9.17) is 4.74 Å². The standard InChI is InChI=1S/C17H28N2O3.ClH/c1-22-16(21)17(7-3-2-4-8-17)19-15(20)11-12-9-13-5-6-14(10-12)18-13;/h12-14,18H,2-11H2,1H3,(H,19,20);1H. The van der Waals surface area contributed by atoms with Gasteiger partial charge < -0.3 is 15.4 Å². The zero-order valence-corrected chi connectivity index (χ0v) is 14.8. The lowest BCUT2D eigenvalue weighted by molar-refractivity contribution is -0.152. The molecular weight excluding hydrogens is 316 g/mol. The molecule has 2 bridgehead atoms. The van der Waals surface area contributed by atoms with E-state index in [-0.39, 0.29) is 24.3 Å². The fourth-order valence-electron chi connectivity index (χ4n) is 4.65. The summed E-state index contributed by atoms with van der Waals surface area (Å²) in [6, 6.07) is 1.20. The molecule has 6 heteroatoms. The van der Waals surface area contributed by atoms with Gasteiger partial charge in [-0.15, -0.1) is 12.4 Å². The summed E-state index contributed by atoms with van der Waals surface area (Å²) < 4.78 is 4.96. The minimum atomic E-state index is -0.768. The fraction of sp³-hybridized carbons (Fsp3) is 0.882. The van der Waals surface area contributed by atoms with Gasteiger partial charge in [-0.2, -0.15) is 0 Å². The minimum Gasteiger partial charge on any atom is -0.467 e. The second-order valence-electron chi connectivity index (χ2n) is 7.36. The number of hydrogen-bond donors (Lipinski definition) is 2. The summed E-state index contributed by atoms with van der Waals surface area (Å²) in [6.45, 7) is 0. The largest absolute Gasteiger partial charge is 0.467 e. The van der Waals surface area contributed by atoms with Crippen LogP contribution in [-0.4, -0.2) is 36.6 Å². The number of rotatable bonds is 4. The van der Waals surface area contributed by atoms with Gasteiger partial charge in [-0.1, -0.05) is 19.3 Å². The smallest absolute Gasteiger partial charge is 0.331 e. The number of hydrogen-bond acceptors (Lipinski definition) is 4. The second-order valence-corrected chi connectivity index (χ2v) is 7.36. The molecule has 2 heterocycles. The first-order chi connectivity index (χ1) is 10.6. The van der Waals surface area contributed by atoms with Crippen LogP contribution in [0.25, 0.3) is 0 Å². The zero-order valence-electron chi connectivity index (χ0n) is 13.9. The average Bonchev–Trinajstić information content (AvgIpc) is 2.86. The van der Waals surface area contributed by atoms with Crippen molar-refractivity contribution in [2.24, 2.45) is 5.92 Å². The van der Waals surface area contributed by atoms with Gasteiger partial charge in [-0.25, -0.2) is 4.79 Å². The highest BCUT2D eigenvalue weighted by Gasteiger charge is 2.42. The number of piperidine rings is 1. The minimum absolute atomic E-state index is 0. The van der Waals surface area contributed by atoms with Crippen molar-refractivity contribution in [3.05, 3.63) is 0 Å². The Balaban J connectivity index is 0.00000192. The van der Waals surface area contributed by atoms with Crippen LogP contribution in [0.3, 0.4) is 0 Å². The predicted molar refractivity (Wildman–Crippen MR) is 90.5 cm³/mol. The first-order valence-corrected chi connectivity index (χ1v) is 8.77. The molecule has 2 N–H and O–H groups in total. The van der Waals surface area contributed by atoms with E-state index in [9.17, 15) is 9.59 Å². The number of esters is 1. The van der Waals surface area contributed by atoms with Crippen molar-refractivity contribution in [3.8, 4) is 0 Å². The molecule has 1 saturated carbocycles. The monoisotopic (exact) mass is 344 g/mol. The summed E-state index contributed by atoms with van der Waals surface area (Å²) in [5, 5.41) is 6.65. The Bertz CT molecular complexity index is 426. The summed E-state index contributed by atoms with van der Waals surface area (Å²) in [6.07, 6.45) is 9.74. The number of halogens is 1. The van der Waals surface area contributed by atoms with Gasteiger partial charge in [-0.05, 0) is 44.4 Å². The summed E-state index contributed by atoms with van der Waals surface area (Å²) in [7, 11) is 1.41. The Morgan fingerprint density at radius 1 is 1.13 bits per heavy atom. The van der Waals surface area contributed by atoms with Crippen LogP contribution in [0.2, 0.25) is 0 Å². The summed E-state index contributed by atoms with van der Waals surface area (Å²) in [5.74, 6) is 0.210. The highest BCUT2D eigenvalue weighted by atomic mass is 35.5. The van der Waals surface area contributed by atoms with Crippen molar-refractivity contribution in [1.82, 2.24) is 10.6 Å². The second kappa shape index (κ2) is 7.84. The molecule has 1 aliphatic carbocycles. The Hall–Kier alpha value is -0.810. The lowest BCUT2D eigenvalue weighted by Crippen LogP contribution is -2.56. The van der Waals surface area contributed by atoms with Crippen LogP contribution in [0.4, 0.5) is 0 Å². The van der Waals surface area contributed by atoms with Crippen LogP contribution < -0.4 is 10.6 Å². The Morgan fingerprint density at radius 2 is 1.74 bits per heavy atom. The fourth-order valence-corrected chi connectivity index (χ4v) is 4.65. The number of fused-ring (bicyclic) bond motifs is 2. The molecule has 132 valence electrons. The molecule has 2 atom stereocenters. The van der Waals surface area contributed by atoms with Crippen molar-refractivity contribution >= 4 is 24.3 Å². The first kappa shape index (κ1) is 18.5. The van der Waals surface area contributed by atoms with Crippen LogP contribution in [0.5, 0.6) is 0 Å². The molecule has 0 aromatic rings. The molecule has 2 aliphatic heterocycles. The number of carbonyl (C=O) groups excluding carboxylic acids is 2. The highest BCUT2D eigenvalue weighted by Crippen LogP contribution is 2.34. The van der Waals surface area contributed by atoms with Crippen molar-refractivity contribution in [1.29, 1.82) is 0 Å². The molecule has 1 amide bonds. The van der Waals surface area contributed by atoms with E-state index in [2.05, 4.69) is 10.6 Å². The van der Waals surface area contributed by atoms with Crippen LogP contribution >= 0.6 is 12.4 Å². The van der Waals surface area contributed by atoms with E-state index in [0.29, 0.717) is 37.3 Å². The SMILES string of the molecule is COC(=O)C1(NC(=O)CC2CC3CCC(C2)N3)CCCCC1.Cl. The number of ether oxygens (including phenoxy) is 1. The van der Waals surface area contributed by atoms with Gasteiger partial charge in [0.25, 0.3) is 0 Å². The van der Waals surface area contributed by atoms with E-state index < -0.39 is 5.54 Å². The lowest BCUT2D eigenvalue weighted by Gasteiger charge is -2.36. The molecule has 0 radical (unpaired) electrons. The molecule has 3 rings (SSSR count). The summed E-state index contributed by atoms with van der Waals surface area (Å²) >= 11 is 0. The maximum Gasteiger partial charge on any atom is 0.331 e. The average molecular weight is 345 g/mol. The van der Waals surface area contributed by atoms with E-state index in [1.54, 1.807) is 0 Å². The highest BCUT2D eigenvalue weighted by molar-refractivity contribution is 5.88. The topological polar surface area (TPSA) is 67.4 Å². The molecule has 3 fully saturated rings. The van der Waals surface area contributed by atoms with Crippen molar-refractivity contribution in [2.75, 3.05) is 7.11 Å². The van der Waals surface area contributed by atoms with Crippen molar-refractivity contribution < 1.29 is 14.3 Å². The summed E-state index contributed by atoms with van der Waals surface area (Å²) in [5.41, 5.74) is -0.768. The molecule has 3 aliphatic rings. The molecule has 0 aromatic carbocycles. The molecule has 2 saturated heterocycles. The molecule has 0 aromatic heterocycles. The van der Waals surface area contributed by atoms with Gasteiger partial charge in [0.2, 0.25) is 5.91 Å². The van der Waals surface area contributed by atoms with Crippen LogP contribution in [0.15, 0.2) is 0 Å². The van der Waals surface area contributed by atoms with Crippen molar-refractivity contribution in [3.63, 3.8) is 0 Å². The molecule has 23 heavy (non-hydrogen) atoms. The Kier molecular flexibility index (Phi) is 6.32. The first-order valence-electron chi connectivity index (χ1n) is 8.77. The van der Waals surface area contributed by atoms with Gasteiger partial charge in [-0.3, -0.25) is 4.79 Å². The zero-order chi connectivity index (χ0) is 15.6. The van der Waals surface area contributed by atoms with Gasteiger partial charge in [0.05, 0.1) is 7.11 Å². The van der Waals surface area contributed by atoms with Gasteiger partial charge in [0, 0.05) is 18.5 Å². The van der Waals surface area contributed by atoms with E-state index in [1.165, 1.54) is 20.0 Å². The third-order valence-corrected chi connectivity index (χ3v) is 5.71. The van der Waals surface area contributed by atoms with E-state index >= 15 is 0 Å². The maximum absolute atomic E-state index is 12.5. The van der Waals surface area contributed by atoms with Gasteiger partial charge in [0.15, 0.2) is 0 Å². The number of nitrogens with one attached hydrogen (secondary N) is 2.